The third-order valence-corrected chi connectivity index (χ3v) is 7.38. The fourth-order valence-electron chi connectivity index (χ4n) is 5.23. The number of aryl methyl sites for hydroxylation is 1. The Bertz CT molecular complexity index is 1700. The molecule has 1 unspecified atom stereocenters. The van der Waals surface area contributed by atoms with Gasteiger partial charge in [-0.3, -0.25) is 9.48 Å². The molecule has 2 aromatic heterocycles. The quantitative estimate of drug-likeness (QED) is 0.299. The SMILES string of the molecule is C#CCCC1(CCOc2ncc3c(N4CCNC(C)C4)ccc(C(=O)Nc4cc(F)c5nn(C)cc5c4)c3n2)N=N1. The van der Waals surface area contributed by atoms with Gasteiger partial charge in [0, 0.05) is 86.5 Å². The van der Waals surface area contributed by atoms with Gasteiger partial charge in [-0.25, -0.2) is 9.37 Å². The van der Waals surface area contributed by atoms with Gasteiger partial charge < -0.3 is 20.3 Å². The highest BCUT2D eigenvalue weighted by molar-refractivity contribution is 6.14. The number of aromatic nitrogens is 4. The van der Waals surface area contributed by atoms with Gasteiger partial charge in [0.1, 0.15) is 5.52 Å². The lowest BCUT2D eigenvalue weighted by Crippen LogP contribution is -2.49. The maximum absolute atomic E-state index is 14.7. The molecule has 6 rings (SSSR count). The molecule has 0 bridgehead atoms. The number of carbonyl (C=O) groups excluding carboxylic acids is 1. The number of piperazine rings is 1. The number of anilines is 2. The minimum Gasteiger partial charge on any atom is -0.463 e. The van der Waals surface area contributed by atoms with Crippen molar-refractivity contribution in [3.05, 3.63) is 48.0 Å². The Kier molecular flexibility index (Phi) is 6.96. The Morgan fingerprint density at radius 3 is 2.93 bits per heavy atom. The van der Waals surface area contributed by atoms with Crippen LogP contribution in [0.25, 0.3) is 21.8 Å². The smallest absolute Gasteiger partial charge is 0.316 e. The fourth-order valence-corrected chi connectivity index (χ4v) is 5.23. The van der Waals surface area contributed by atoms with Crippen LogP contribution in [0.1, 0.15) is 36.5 Å². The van der Waals surface area contributed by atoms with E-state index in [1.807, 2.05) is 6.07 Å². The van der Waals surface area contributed by atoms with Crippen LogP contribution in [0.15, 0.2) is 46.9 Å². The van der Waals surface area contributed by atoms with E-state index >= 15 is 0 Å². The zero-order valence-corrected chi connectivity index (χ0v) is 22.9. The van der Waals surface area contributed by atoms with Crippen molar-refractivity contribution >= 4 is 39.1 Å². The van der Waals surface area contributed by atoms with E-state index < -0.39 is 17.4 Å². The number of rotatable bonds is 9. The zero-order valence-electron chi connectivity index (χ0n) is 22.9. The molecule has 1 saturated heterocycles. The summed E-state index contributed by atoms with van der Waals surface area (Å²) in [5.74, 6) is 1.68. The second-order valence-corrected chi connectivity index (χ2v) is 10.5. The van der Waals surface area contributed by atoms with Crippen LogP contribution < -0.4 is 20.3 Å². The molecule has 4 aromatic rings. The summed E-state index contributed by atoms with van der Waals surface area (Å²) in [6.07, 6.45) is 10.6. The van der Waals surface area contributed by atoms with Gasteiger partial charge in [-0.1, -0.05) is 0 Å². The number of fused-ring (bicyclic) bond motifs is 2. The highest BCUT2D eigenvalue weighted by Gasteiger charge is 2.39. The Balaban J connectivity index is 1.30. The molecular weight excluding hydrogens is 525 g/mol. The Morgan fingerprint density at radius 2 is 2.15 bits per heavy atom. The first-order valence-corrected chi connectivity index (χ1v) is 13.6. The summed E-state index contributed by atoms with van der Waals surface area (Å²) in [5, 5.41) is 20.0. The van der Waals surface area contributed by atoms with E-state index in [1.165, 1.54) is 10.7 Å². The molecule has 0 radical (unpaired) electrons. The summed E-state index contributed by atoms with van der Waals surface area (Å²) >= 11 is 0. The van der Waals surface area contributed by atoms with Gasteiger partial charge in [-0.05, 0) is 31.2 Å². The lowest BCUT2D eigenvalue weighted by molar-refractivity contribution is 0.102. The molecule has 1 atom stereocenters. The largest absolute Gasteiger partial charge is 0.463 e. The maximum atomic E-state index is 14.7. The highest BCUT2D eigenvalue weighted by atomic mass is 19.1. The van der Waals surface area contributed by atoms with E-state index in [0.29, 0.717) is 54.1 Å². The van der Waals surface area contributed by atoms with E-state index in [4.69, 9.17) is 11.2 Å². The van der Waals surface area contributed by atoms with Crippen molar-refractivity contribution in [2.75, 3.05) is 36.5 Å². The molecule has 210 valence electrons. The number of carbonyl (C=O) groups is 1. The molecule has 41 heavy (non-hydrogen) atoms. The average molecular weight is 556 g/mol. The Labute approximate surface area is 236 Å². The summed E-state index contributed by atoms with van der Waals surface area (Å²) in [6.45, 7) is 4.87. The molecule has 1 amide bonds. The second kappa shape index (κ2) is 10.7. The van der Waals surface area contributed by atoms with Crippen LogP contribution in [0.3, 0.4) is 0 Å². The van der Waals surface area contributed by atoms with E-state index in [9.17, 15) is 9.18 Å². The van der Waals surface area contributed by atoms with E-state index in [2.05, 4.69) is 53.7 Å². The van der Waals surface area contributed by atoms with Crippen molar-refractivity contribution < 1.29 is 13.9 Å². The number of ether oxygens (including phenoxy) is 1. The fraction of sp³-hybridized carbons (Fsp3) is 0.379. The van der Waals surface area contributed by atoms with Crippen LogP contribution in [-0.4, -0.2) is 63.6 Å². The van der Waals surface area contributed by atoms with Crippen molar-refractivity contribution in [2.24, 2.45) is 17.3 Å². The Hall–Kier alpha value is -4.63. The van der Waals surface area contributed by atoms with Gasteiger partial charge in [-0.15, -0.1) is 12.3 Å². The molecule has 0 spiro atoms. The lowest BCUT2D eigenvalue weighted by atomic mass is 10.1. The average Bonchev–Trinajstić information content (AvgIpc) is 3.62. The summed E-state index contributed by atoms with van der Waals surface area (Å²) < 4.78 is 22.1. The van der Waals surface area contributed by atoms with Crippen LogP contribution in [0.4, 0.5) is 15.8 Å². The highest BCUT2D eigenvalue weighted by Crippen LogP contribution is 2.36. The van der Waals surface area contributed by atoms with Crippen molar-refractivity contribution in [2.45, 2.75) is 37.9 Å². The number of nitrogens with zero attached hydrogens (tertiary/aromatic N) is 7. The first-order valence-electron chi connectivity index (χ1n) is 13.6. The van der Waals surface area contributed by atoms with Gasteiger partial charge >= 0.3 is 6.01 Å². The van der Waals surface area contributed by atoms with Crippen LogP contribution in [-0.2, 0) is 7.05 Å². The third-order valence-electron chi connectivity index (χ3n) is 7.38. The monoisotopic (exact) mass is 555 g/mol. The normalized spacial score (nSPS) is 17.5. The van der Waals surface area contributed by atoms with E-state index in [-0.39, 0.29) is 11.5 Å². The number of amides is 1. The van der Waals surface area contributed by atoms with Crippen molar-refractivity contribution in [3.8, 4) is 18.4 Å². The number of halogens is 1. The number of hydrogen-bond donors (Lipinski definition) is 2. The molecule has 2 N–H and O–H groups in total. The number of nitrogens with one attached hydrogen (secondary N) is 2. The molecule has 1 fully saturated rings. The number of terminal acetylenes is 1. The molecular formula is C29H30FN9O2. The minimum atomic E-state index is -0.515. The Morgan fingerprint density at radius 1 is 1.29 bits per heavy atom. The van der Waals surface area contributed by atoms with Gasteiger partial charge in [0.05, 0.1) is 17.7 Å². The van der Waals surface area contributed by atoms with Gasteiger partial charge in [0.25, 0.3) is 5.91 Å². The summed E-state index contributed by atoms with van der Waals surface area (Å²) in [4.78, 5) is 24.9. The van der Waals surface area contributed by atoms with Crippen LogP contribution in [0.2, 0.25) is 0 Å². The predicted molar refractivity (Wildman–Crippen MR) is 154 cm³/mol. The molecule has 2 aliphatic rings. The molecule has 4 heterocycles. The van der Waals surface area contributed by atoms with Crippen LogP contribution in [0.5, 0.6) is 6.01 Å². The number of benzene rings is 2. The molecule has 2 aromatic carbocycles. The molecule has 0 saturated carbocycles. The van der Waals surface area contributed by atoms with Crippen molar-refractivity contribution in [3.63, 3.8) is 0 Å². The standard InChI is InChI=1S/C29H30FN9O2/c1-4-5-8-29(36-37-29)9-12-41-28-32-15-22-24(39-11-10-31-18(2)16-39)7-6-21(26(22)34-28)27(40)33-20-13-19-17-38(3)35-25(19)23(30)14-20/h1,6-7,13-15,17-18,31H,5,8-12,16H2,2-3H3,(H,33,40). The van der Waals surface area contributed by atoms with Gasteiger partial charge in [0.2, 0.25) is 0 Å². The van der Waals surface area contributed by atoms with Gasteiger partial charge in [-0.2, -0.15) is 20.3 Å². The van der Waals surface area contributed by atoms with E-state index in [1.54, 1.807) is 31.6 Å². The second-order valence-electron chi connectivity index (χ2n) is 10.5. The summed E-state index contributed by atoms with van der Waals surface area (Å²) in [6, 6.07) is 7.06. The van der Waals surface area contributed by atoms with Gasteiger partial charge in [0.15, 0.2) is 11.5 Å². The minimum absolute atomic E-state index is 0.146. The number of hydrogen-bond acceptors (Lipinski definition) is 9. The maximum Gasteiger partial charge on any atom is 0.316 e. The van der Waals surface area contributed by atoms with Crippen LogP contribution in [0, 0.1) is 18.2 Å². The molecule has 0 aliphatic carbocycles. The summed E-state index contributed by atoms with van der Waals surface area (Å²) in [5.41, 5.74) is 1.79. The summed E-state index contributed by atoms with van der Waals surface area (Å²) in [7, 11) is 1.72. The van der Waals surface area contributed by atoms with Crippen molar-refractivity contribution in [1.29, 1.82) is 0 Å². The molecule has 12 heteroatoms. The lowest BCUT2D eigenvalue weighted by Gasteiger charge is -2.34. The van der Waals surface area contributed by atoms with Crippen LogP contribution >= 0.6 is 0 Å². The van der Waals surface area contributed by atoms with Crippen molar-refractivity contribution in [1.82, 2.24) is 25.1 Å². The first-order chi connectivity index (χ1) is 19.8. The molecule has 11 nitrogen and oxygen atoms in total. The third kappa shape index (κ3) is 5.53. The van der Waals surface area contributed by atoms with E-state index in [0.717, 1.165) is 30.7 Å². The molecule has 2 aliphatic heterocycles. The predicted octanol–water partition coefficient (Wildman–Crippen LogP) is 4.05. The topological polar surface area (TPSA) is 122 Å². The zero-order chi connectivity index (χ0) is 28.6. The first kappa shape index (κ1) is 26.6.